The van der Waals surface area contributed by atoms with Gasteiger partial charge < -0.3 is 19.7 Å². The van der Waals surface area contributed by atoms with Crippen LogP contribution in [0.2, 0.25) is 0 Å². The van der Waals surface area contributed by atoms with Crippen molar-refractivity contribution < 1.29 is 27.8 Å². The van der Waals surface area contributed by atoms with Gasteiger partial charge in [0.25, 0.3) is 0 Å². The number of carbonyl (C=O) groups excluding carboxylic acids is 1. The normalized spacial score (nSPS) is 17.9. The van der Waals surface area contributed by atoms with Crippen LogP contribution in [0.3, 0.4) is 0 Å². The summed E-state index contributed by atoms with van der Waals surface area (Å²) < 4.78 is 47.4. The predicted octanol–water partition coefficient (Wildman–Crippen LogP) is 2.52. The topological polar surface area (TPSA) is 79.6 Å². The van der Waals surface area contributed by atoms with Crippen molar-refractivity contribution in [3.8, 4) is 5.75 Å². The van der Waals surface area contributed by atoms with Crippen LogP contribution in [-0.4, -0.2) is 58.4 Å². The minimum Gasteiger partial charge on any atom is -0.497 e. The van der Waals surface area contributed by atoms with Crippen molar-refractivity contribution >= 4 is 5.91 Å². The van der Waals surface area contributed by atoms with E-state index in [0.29, 0.717) is 5.75 Å². The molecular weight excluding hydrogens is 413 g/mol. The summed E-state index contributed by atoms with van der Waals surface area (Å²) in [7, 11) is 2.89. The third-order valence-electron chi connectivity index (χ3n) is 5.63. The van der Waals surface area contributed by atoms with Crippen LogP contribution in [0.15, 0.2) is 36.7 Å². The van der Waals surface area contributed by atoms with E-state index in [0.717, 1.165) is 42.3 Å². The Morgan fingerprint density at radius 1 is 1.32 bits per heavy atom. The number of methoxy groups -OCH3 is 1. The van der Waals surface area contributed by atoms with Gasteiger partial charge in [-0.3, -0.25) is 9.69 Å². The maximum atomic E-state index is 13.7. The summed E-state index contributed by atoms with van der Waals surface area (Å²) in [5.74, 6) is -0.872. The zero-order valence-corrected chi connectivity index (χ0v) is 17.5. The fourth-order valence-corrected chi connectivity index (χ4v) is 3.94. The van der Waals surface area contributed by atoms with Gasteiger partial charge in [0.15, 0.2) is 5.82 Å². The Morgan fingerprint density at radius 3 is 2.61 bits per heavy atom. The van der Waals surface area contributed by atoms with E-state index in [9.17, 15) is 23.1 Å². The van der Waals surface area contributed by atoms with E-state index < -0.39 is 29.9 Å². The zero-order valence-electron chi connectivity index (χ0n) is 17.5. The lowest BCUT2D eigenvalue weighted by Gasteiger charge is -2.31. The molecule has 0 bridgehead atoms. The molecular formula is C21H27F3N4O3. The van der Waals surface area contributed by atoms with Gasteiger partial charge in [0.05, 0.1) is 19.6 Å². The molecule has 1 saturated heterocycles. The van der Waals surface area contributed by atoms with Crippen molar-refractivity contribution in [2.45, 2.75) is 37.1 Å². The highest BCUT2D eigenvalue weighted by Crippen LogP contribution is 2.40. The number of benzene rings is 1. The Labute approximate surface area is 178 Å². The molecule has 3 rings (SSSR count). The molecule has 2 unspecified atom stereocenters. The Hall–Kier alpha value is -2.59. The Bertz CT molecular complexity index is 896. The van der Waals surface area contributed by atoms with E-state index in [-0.39, 0.29) is 12.6 Å². The molecule has 10 heteroatoms. The second-order valence-electron chi connectivity index (χ2n) is 7.74. The smallest absolute Gasteiger partial charge is 0.425 e. The fourth-order valence-electron chi connectivity index (χ4n) is 3.94. The number of halogens is 3. The van der Waals surface area contributed by atoms with E-state index in [1.54, 1.807) is 13.2 Å². The van der Waals surface area contributed by atoms with Gasteiger partial charge in [0, 0.05) is 26.0 Å². The Morgan fingerprint density at radius 2 is 2.03 bits per heavy atom. The second-order valence-corrected chi connectivity index (χ2v) is 7.74. The number of hydrogen-bond acceptors (Lipinski definition) is 5. The molecule has 0 aliphatic carbocycles. The van der Waals surface area contributed by atoms with Crippen molar-refractivity contribution in [2.24, 2.45) is 7.05 Å². The molecule has 1 aliphatic heterocycles. The van der Waals surface area contributed by atoms with Crippen LogP contribution in [0.5, 0.6) is 5.75 Å². The molecule has 1 aromatic carbocycles. The summed E-state index contributed by atoms with van der Waals surface area (Å²) in [6.07, 6.45) is -1.77. The van der Waals surface area contributed by atoms with Crippen molar-refractivity contribution in [2.75, 3.05) is 26.7 Å². The Balaban J connectivity index is 1.76. The summed E-state index contributed by atoms with van der Waals surface area (Å²) in [5, 5.41) is 13.0. The predicted molar refractivity (Wildman–Crippen MR) is 107 cm³/mol. The minimum absolute atomic E-state index is 0.112. The SMILES string of the molecule is COc1cccc(C(CNC(=O)CC(O)(c2nccn2C)C(F)(F)F)N2CCCC2)c1. The van der Waals surface area contributed by atoms with Gasteiger partial charge in [0.1, 0.15) is 5.75 Å². The quantitative estimate of drug-likeness (QED) is 0.660. The molecule has 0 spiro atoms. The number of imidazole rings is 1. The van der Waals surface area contributed by atoms with E-state index in [1.165, 1.54) is 13.2 Å². The first-order chi connectivity index (χ1) is 14.7. The highest BCUT2D eigenvalue weighted by atomic mass is 19.4. The number of nitrogens with one attached hydrogen (secondary N) is 1. The van der Waals surface area contributed by atoms with Gasteiger partial charge in [-0.15, -0.1) is 0 Å². The molecule has 2 heterocycles. The van der Waals surface area contributed by atoms with Crippen LogP contribution in [0.4, 0.5) is 13.2 Å². The molecule has 1 amide bonds. The standard InChI is InChI=1S/C21H27F3N4O3/c1-27-11-8-25-19(27)20(30,21(22,23)24)13-18(29)26-14-17(28-9-3-4-10-28)15-6-5-7-16(12-15)31-2/h5-8,11-12,17,30H,3-4,9-10,13-14H2,1-2H3,(H,26,29). The first-order valence-corrected chi connectivity index (χ1v) is 10.1. The first-order valence-electron chi connectivity index (χ1n) is 10.1. The maximum absolute atomic E-state index is 13.7. The number of alkyl halides is 3. The number of aromatic nitrogens is 2. The molecule has 31 heavy (non-hydrogen) atoms. The molecule has 2 atom stereocenters. The number of ether oxygens (including phenoxy) is 1. The monoisotopic (exact) mass is 440 g/mol. The van der Waals surface area contributed by atoms with Gasteiger partial charge in [-0.25, -0.2) is 4.98 Å². The van der Waals surface area contributed by atoms with Gasteiger partial charge >= 0.3 is 6.18 Å². The number of hydrogen-bond donors (Lipinski definition) is 2. The second kappa shape index (κ2) is 9.27. The third kappa shape index (κ3) is 5.01. The van der Waals surface area contributed by atoms with Crippen LogP contribution >= 0.6 is 0 Å². The average Bonchev–Trinajstić information content (AvgIpc) is 3.39. The summed E-state index contributed by atoms with van der Waals surface area (Å²) in [4.78, 5) is 18.3. The number of likely N-dealkylation sites (tertiary alicyclic amines) is 1. The highest BCUT2D eigenvalue weighted by molar-refractivity contribution is 5.77. The lowest BCUT2D eigenvalue weighted by Crippen LogP contribution is -2.48. The molecule has 2 N–H and O–H groups in total. The lowest BCUT2D eigenvalue weighted by molar-refractivity contribution is -0.271. The molecule has 1 fully saturated rings. The van der Waals surface area contributed by atoms with Crippen LogP contribution in [0, 0.1) is 0 Å². The number of carbonyl (C=O) groups is 1. The van der Waals surface area contributed by atoms with Gasteiger partial charge in [-0.05, 0) is 43.6 Å². The molecule has 1 aliphatic rings. The van der Waals surface area contributed by atoms with Gasteiger partial charge in [-0.2, -0.15) is 13.2 Å². The molecule has 1 aromatic heterocycles. The maximum Gasteiger partial charge on any atom is 0.425 e. The lowest BCUT2D eigenvalue weighted by atomic mass is 9.97. The first kappa shape index (κ1) is 23.1. The fraction of sp³-hybridized carbons (Fsp3) is 0.524. The van der Waals surface area contributed by atoms with Crippen molar-refractivity contribution in [3.05, 3.63) is 48.0 Å². The number of amides is 1. The van der Waals surface area contributed by atoms with Gasteiger partial charge in [0.2, 0.25) is 11.5 Å². The summed E-state index contributed by atoms with van der Waals surface area (Å²) >= 11 is 0. The van der Waals surface area contributed by atoms with Crippen LogP contribution in [0.1, 0.15) is 36.7 Å². The average molecular weight is 440 g/mol. The largest absolute Gasteiger partial charge is 0.497 e. The summed E-state index contributed by atoms with van der Waals surface area (Å²) in [6.45, 7) is 1.77. The summed E-state index contributed by atoms with van der Waals surface area (Å²) in [6, 6.07) is 7.18. The molecule has 170 valence electrons. The van der Waals surface area contributed by atoms with Crippen LogP contribution < -0.4 is 10.1 Å². The number of aliphatic hydroxyl groups is 1. The number of aryl methyl sites for hydroxylation is 1. The summed E-state index contributed by atoms with van der Waals surface area (Å²) in [5.41, 5.74) is -2.48. The van der Waals surface area contributed by atoms with E-state index in [4.69, 9.17) is 4.74 Å². The van der Waals surface area contributed by atoms with Gasteiger partial charge in [-0.1, -0.05) is 12.1 Å². The molecule has 2 aromatic rings. The van der Waals surface area contributed by atoms with E-state index in [1.807, 2.05) is 18.2 Å². The van der Waals surface area contributed by atoms with Crippen molar-refractivity contribution in [1.82, 2.24) is 19.8 Å². The van der Waals surface area contributed by atoms with Crippen LogP contribution in [-0.2, 0) is 17.4 Å². The minimum atomic E-state index is -5.06. The van der Waals surface area contributed by atoms with Crippen molar-refractivity contribution in [1.29, 1.82) is 0 Å². The molecule has 0 saturated carbocycles. The number of rotatable bonds is 8. The van der Waals surface area contributed by atoms with Crippen molar-refractivity contribution in [3.63, 3.8) is 0 Å². The zero-order chi connectivity index (χ0) is 22.6. The van der Waals surface area contributed by atoms with E-state index >= 15 is 0 Å². The molecule has 0 radical (unpaired) electrons. The number of nitrogens with zero attached hydrogens (tertiary/aromatic N) is 3. The third-order valence-corrected chi connectivity index (χ3v) is 5.63. The van der Waals surface area contributed by atoms with Crippen LogP contribution in [0.25, 0.3) is 0 Å². The Kier molecular flexibility index (Phi) is 6.90. The highest BCUT2D eigenvalue weighted by Gasteiger charge is 2.58. The van der Waals surface area contributed by atoms with E-state index in [2.05, 4.69) is 15.2 Å². The molecule has 7 nitrogen and oxygen atoms in total.